The fourth-order valence-electron chi connectivity index (χ4n) is 10.5. The summed E-state index contributed by atoms with van der Waals surface area (Å²) in [5.74, 6) is -1.70. The molecule has 4 aliphatic carbocycles. The molecule has 0 spiro atoms. The normalized spacial score (nSPS) is 26.1. The summed E-state index contributed by atoms with van der Waals surface area (Å²) in [5.41, 5.74) is 23.5. The number of benzene rings is 2. The third-order valence-electron chi connectivity index (χ3n) is 14.0. The van der Waals surface area contributed by atoms with Crippen molar-refractivity contribution in [3.63, 3.8) is 0 Å². The molecule has 2 saturated heterocycles. The Hall–Kier alpha value is -6.11. The number of likely N-dealkylation sites (N-methyl/N-ethyl adjacent to an activating group) is 2. The summed E-state index contributed by atoms with van der Waals surface area (Å²) in [7, 11) is 4.32. The van der Waals surface area contributed by atoms with Crippen LogP contribution in [0.5, 0.6) is 0 Å². The van der Waals surface area contributed by atoms with Gasteiger partial charge in [-0.25, -0.2) is 18.7 Å². The fraction of sp³-hybridized carbons (Fsp3) is 0.458. The SMILES string of the molecule is Cc1cc(N)ccc1N1CCN(C)CC1.Cc1cc(Nc2ncc(F)c(NC3C(C(N)=O)[C@@H]4C=C[C@H]3C4)n2)ccc1N1CCN(C)CC1.NC(=O)C1C(Nc2nc(Cl)ncc2F)[C@H]2C=C[C@@H]1C2. The van der Waals surface area contributed by atoms with E-state index in [9.17, 15) is 18.4 Å². The molecule has 0 radical (unpaired) electrons. The largest absolute Gasteiger partial charge is 0.399 e. The van der Waals surface area contributed by atoms with Gasteiger partial charge in [0.15, 0.2) is 23.3 Å². The van der Waals surface area contributed by atoms with Crippen LogP contribution >= 0.6 is 11.6 Å². The first-order chi connectivity index (χ1) is 32.1. The van der Waals surface area contributed by atoms with Crippen LogP contribution in [-0.4, -0.2) is 120 Å². The molecule has 8 atom stereocenters. The molecule has 10 rings (SSSR count). The molecule has 4 bridgehead atoms. The van der Waals surface area contributed by atoms with Gasteiger partial charge in [0.25, 0.3) is 0 Å². The molecule has 16 nitrogen and oxygen atoms in total. The zero-order valence-electron chi connectivity index (χ0n) is 38.4. The Balaban J connectivity index is 0.000000151. The van der Waals surface area contributed by atoms with Crippen molar-refractivity contribution in [3.05, 3.63) is 101 Å². The van der Waals surface area contributed by atoms with Gasteiger partial charge >= 0.3 is 0 Å². The van der Waals surface area contributed by atoms with E-state index in [4.69, 9.17) is 28.8 Å². The molecule has 4 fully saturated rings. The molecule has 356 valence electrons. The lowest BCUT2D eigenvalue weighted by molar-refractivity contribution is -0.123. The summed E-state index contributed by atoms with van der Waals surface area (Å²) in [5, 5.41) is 9.22. The monoisotopic (exact) mass is 938 g/mol. The van der Waals surface area contributed by atoms with E-state index in [1.807, 2.05) is 36.4 Å². The number of carbonyl (C=O) groups is 2. The highest BCUT2D eigenvalue weighted by molar-refractivity contribution is 6.28. The molecule has 2 aromatic heterocycles. The second-order valence-corrected chi connectivity index (χ2v) is 18.9. The first-order valence-corrected chi connectivity index (χ1v) is 23.3. The van der Waals surface area contributed by atoms with Crippen LogP contribution in [-0.2, 0) is 9.59 Å². The summed E-state index contributed by atoms with van der Waals surface area (Å²) < 4.78 is 28.1. The number of amides is 2. The second-order valence-electron chi connectivity index (χ2n) is 18.6. The van der Waals surface area contributed by atoms with Gasteiger partial charge in [-0.05, 0) is 124 Å². The minimum Gasteiger partial charge on any atom is -0.399 e. The van der Waals surface area contributed by atoms with E-state index in [1.54, 1.807) is 0 Å². The number of allylic oxidation sites excluding steroid dienone is 2. The maximum atomic E-state index is 14.5. The van der Waals surface area contributed by atoms with Crippen molar-refractivity contribution in [1.82, 2.24) is 29.7 Å². The minimum absolute atomic E-state index is 0.0113. The van der Waals surface area contributed by atoms with Crippen molar-refractivity contribution < 1.29 is 18.4 Å². The number of nitrogen functional groups attached to an aromatic ring is 1. The molecule has 67 heavy (non-hydrogen) atoms. The van der Waals surface area contributed by atoms with Gasteiger partial charge in [0.05, 0.1) is 24.2 Å². The Kier molecular flexibility index (Phi) is 14.4. The molecular weight excluding hydrogens is 878 g/mol. The van der Waals surface area contributed by atoms with Crippen molar-refractivity contribution in [2.24, 2.45) is 47.0 Å². The third-order valence-corrected chi connectivity index (χ3v) is 14.2. The van der Waals surface area contributed by atoms with Gasteiger partial charge in [-0.3, -0.25) is 9.59 Å². The molecule has 19 heteroatoms. The number of fused-ring (bicyclic) bond motifs is 4. The van der Waals surface area contributed by atoms with E-state index < -0.39 is 11.6 Å². The Labute approximate surface area is 395 Å². The number of carbonyl (C=O) groups excluding carboxylic acids is 2. The van der Waals surface area contributed by atoms with Gasteiger partial charge in [0.1, 0.15) is 0 Å². The highest BCUT2D eigenvalue weighted by Crippen LogP contribution is 2.46. The number of hydrogen-bond acceptors (Lipinski definition) is 14. The zero-order valence-corrected chi connectivity index (χ0v) is 39.1. The fourth-order valence-corrected chi connectivity index (χ4v) is 10.6. The number of aromatic nitrogens is 4. The molecule has 4 heterocycles. The number of halogens is 3. The zero-order chi connectivity index (χ0) is 47.5. The predicted octanol–water partition coefficient (Wildman–Crippen LogP) is 5.19. The van der Waals surface area contributed by atoms with Crippen LogP contribution in [0.1, 0.15) is 24.0 Å². The average Bonchev–Trinajstić information content (AvgIpc) is 4.11. The molecule has 4 aromatic rings. The molecular formula is C48H61ClF2N14O2. The Morgan fingerprint density at radius 2 is 1.12 bits per heavy atom. The molecule has 2 aliphatic heterocycles. The van der Waals surface area contributed by atoms with Crippen molar-refractivity contribution in [2.75, 3.05) is 97.9 Å². The standard InChI is InChI=1S/C24H30FN7O.C12H12ClFN4O.C12H19N3/c1-14-11-17(5-6-19(14)32-9-7-31(2)8-10-32)28-24-27-13-18(25)23(30-24)29-21-16-4-3-15(12-16)20(21)22(26)33;13-12-16-4-7(14)11(18-12)17-9-6-2-1-5(3-6)8(9)10(15)19;1-10-9-11(13)3-4-12(10)15-7-5-14(2)6-8-15/h3-6,11,13,15-16,20-21H,7-10,12H2,1-2H3,(H2,26,33)(H2,27,28,29,30);1-2,4-6,8-9H,3H2,(H2,15,19)(H,16,17,18);3-4,9H,5-8,13H2,1-2H3/t15-,16+,20?,21?;5-,6+,8?,9?;/m11./s1. The number of piperazine rings is 2. The number of rotatable bonds is 10. The third kappa shape index (κ3) is 10.9. The van der Waals surface area contributed by atoms with Crippen molar-refractivity contribution in [3.8, 4) is 0 Å². The summed E-state index contributed by atoms with van der Waals surface area (Å²) >= 11 is 5.65. The van der Waals surface area contributed by atoms with E-state index in [0.29, 0.717) is 5.95 Å². The van der Waals surface area contributed by atoms with Gasteiger partial charge in [0, 0.05) is 87.2 Å². The molecule has 6 aliphatic rings. The highest BCUT2D eigenvalue weighted by atomic mass is 35.5. The summed E-state index contributed by atoms with van der Waals surface area (Å²) in [4.78, 5) is 48.9. The van der Waals surface area contributed by atoms with E-state index >= 15 is 0 Å². The minimum atomic E-state index is -0.598. The van der Waals surface area contributed by atoms with Gasteiger partial charge in [0.2, 0.25) is 23.0 Å². The second kappa shape index (κ2) is 20.4. The molecule has 9 N–H and O–H groups in total. The van der Waals surface area contributed by atoms with Gasteiger partial charge in [-0.2, -0.15) is 9.97 Å². The summed E-state index contributed by atoms with van der Waals surface area (Å²) in [6, 6.07) is 11.8. The highest BCUT2D eigenvalue weighted by Gasteiger charge is 2.49. The van der Waals surface area contributed by atoms with Crippen LogP contribution < -0.4 is 43.0 Å². The average molecular weight is 940 g/mol. The maximum Gasteiger partial charge on any atom is 0.229 e. The number of anilines is 7. The Bertz CT molecular complexity index is 2500. The molecule has 2 saturated carbocycles. The number of nitrogens with zero attached hydrogens (tertiary/aromatic N) is 8. The topological polar surface area (TPSA) is 213 Å². The van der Waals surface area contributed by atoms with Crippen LogP contribution in [0.3, 0.4) is 0 Å². The van der Waals surface area contributed by atoms with E-state index in [1.165, 1.54) is 16.9 Å². The van der Waals surface area contributed by atoms with Gasteiger partial charge < -0.3 is 52.8 Å². The number of nitrogens with two attached hydrogens (primary N) is 3. The predicted molar refractivity (Wildman–Crippen MR) is 260 cm³/mol. The number of hydrogen-bond donors (Lipinski definition) is 6. The van der Waals surface area contributed by atoms with Crippen LogP contribution in [0.4, 0.5) is 49.1 Å². The lowest BCUT2D eigenvalue weighted by Crippen LogP contribution is -2.44. The first-order valence-electron chi connectivity index (χ1n) is 22.9. The van der Waals surface area contributed by atoms with Crippen LogP contribution in [0, 0.1) is 61.0 Å². The number of nitrogens with one attached hydrogen (secondary N) is 3. The summed E-state index contributed by atoms with van der Waals surface area (Å²) in [6.07, 6.45) is 12.0. The van der Waals surface area contributed by atoms with Crippen LogP contribution in [0.2, 0.25) is 5.28 Å². The Morgan fingerprint density at radius 3 is 1.61 bits per heavy atom. The van der Waals surface area contributed by atoms with Gasteiger partial charge in [-0.1, -0.05) is 24.3 Å². The van der Waals surface area contributed by atoms with Crippen molar-refractivity contribution in [1.29, 1.82) is 0 Å². The van der Waals surface area contributed by atoms with E-state index in [0.717, 1.165) is 94.5 Å². The Morgan fingerprint density at radius 1 is 0.657 bits per heavy atom. The number of aryl methyl sites for hydroxylation is 2. The summed E-state index contributed by atoms with van der Waals surface area (Å²) in [6.45, 7) is 12.8. The first kappa shape index (κ1) is 47.4. The van der Waals surface area contributed by atoms with E-state index in [-0.39, 0.29) is 76.3 Å². The molecule has 2 aromatic carbocycles. The molecule has 2 amide bonds. The van der Waals surface area contributed by atoms with Crippen LogP contribution in [0.15, 0.2) is 73.1 Å². The van der Waals surface area contributed by atoms with Crippen molar-refractivity contribution >= 4 is 63.7 Å². The number of primary amides is 2. The smallest absolute Gasteiger partial charge is 0.229 e. The molecule has 4 unspecified atom stereocenters. The lowest BCUT2D eigenvalue weighted by Gasteiger charge is -2.35. The van der Waals surface area contributed by atoms with E-state index in [2.05, 4.69) is 108 Å². The van der Waals surface area contributed by atoms with Gasteiger partial charge in [-0.15, -0.1) is 0 Å². The quantitative estimate of drug-likeness (QED) is 0.0687. The van der Waals surface area contributed by atoms with Crippen molar-refractivity contribution in [2.45, 2.75) is 38.8 Å². The maximum absolute atomic E-state index is 14.5. The van der Waals surface area contributed by atoms with Crippen LogP contribution in [0.25, 0.3) is 0 Å². The lowest BCUT2D eigenvalue weighted by atomic mass is 9.88.